The average Bonchev–Trinajstić information content (AvgIpc) is 2.90. The van der Waals surface area contributed by atoms with Gasteiger partial charge < -0.3 is 30.0 Å². The van der Waals surface area contributed by atoms with Crippen molar-refractivity contribution in [2.24, 2.45) is 0 Å². The molecule has 0 radical (unpaired) electrons. The fourth-order valence-electron chi connectivity index (χ4n) is 3.39. The molecule has 0 spiro atoms. The van der Waals surface area contributed by atoms with Gasteiger partial charge in [-0.1, -0.05) is 60.7 Å². The summed E-state index contributed by atoms with van der Waals surface area (Å²) >= 11 is 0. The lowest BCUT2D eigenvalue weighted by molar-refractivity contribution is -0.147. The third-order valence-electron chi connectivity index (χ3n) is 5.38. The number of carbonyl (C=O) groups is 5. The largest absolute Gasteiger partial charge is 0.480 e. The first-order chi connectivity index (χ1) is 18.9. The van der Waals surface area contributed by atoms with Crippen LogP contribution in [0.2, 0.25) is 0 Å². The minimum absolute atomic E-state index is 0.0338. The van der Waals surface area contributed by atoms with Crippen LogP contribution in [0.1, 0.15) is 57.6 Å². The Morgan fingerprint density at radius 1 is 0.725 bits per heavy atom. The molecule has 0 bridgehead atoms. The maximum atomic E-state index is 13.0. The highest BCUT2D eigenvalue weighted by atomic mass is 16.6. The summed E-state index contributed by atoms with van der Waals surface area (Å²) in [7, 11) is 0. The minimum atomic E-state index is -1.44. The third kappa shape index (κ3) is 12.9. The summed E-state index contributed by atoms with van der Waals surface area (Å²) in [6, 6.07) is 15.2. The molecule has 2 aromatic carbocycles. The van der Waals surface area contributed by atoms with Crippen LogP contribution < -0.4 is 10.6 Å². The van der Waals surface area contributed by atoms with Crippen LogP contribution >= 0.6 is 0 Å². The van der Waals surface area contributed by atoms with Gasteiger partial charge in [-0.25, -0.2) is 9.59 Å². The lowest BCUT2D eigenvalue weighted by Crippen LogP contribution is -2.52. The fraction of sp³-hybridized carbons (Fsp3) is 0.414. The second-order valence-corrected chi connectivity index (χ2v) is 9.97. The molecule has 3 N–H and O–H groups in total. The molecule has 0 aliphatic rings. The SMILES string of the molecule is CC(C)(C)OC(=O)N[C@@H](CCC(=O)OCc1ccccc1)C(=O)N[C@@H](CCC(=O)OCc1ccccc1)C(=O)O. The summed E-state index contributed by atoms with van der Waals surface area (Å²) in [5.41, 5.74) is 0.699. The molecule has 0 heterocycles. The zero-order valence-corrected chi connectivity index (χ0v) is 22.9. The summed E-state index contributed by atoms with van der Waals surface area (Å²) < 4.78 is 15.6. The van der Waals surface area contributed by atoms with Gasteiger partial charge in [-0.15, -0.1) is 0 Å². The van der Waals surface area contributed by atoms with Gasteiger partial charge in [-0.05, 0) is 44.7 Å². The Morgan fingerprint density at radius 2 is 1.18 bits per heavy atom. The smallest absolute Gasteiger partial charge is 0.408 e. The number of esters is 2. The Labute approximate surface area is 233 Å². The van der Waals surface area contributed by atoms with Crippen molar-refractivity contribution < 1.29 is 43.3 Å². The maximum absolute atomic E-state index is 13.0. The molecule has 0 aromatic heterocycles. The molecule has 0 aliphatic heterocycles. The van der Waals surface area contributed by atoms with Crippen molar-refractivity contribution in [3.63, 3.8) is 0 Å². The van der Waals surface area contributed by atoms with Gasteiger partial charge in [0, 0.05) is 12.8 Å². The first kappa shape index (κ1) is 31.8. The molecule has 2 aromatic rings. The Balaban J connectivity index is 1.95. The molecule has 2 amide bonds. The van der Waals surface area contributed by atoms with Crippen LogP contribution in [0.5, 0.6) is 0 Å². The van der Waals surface area contributed by atoms with Gasteiger partial charge in [0.2, 0.25) is 5.91 Å². The highest BCUT2D eigenvalue weighted by molar-refractivity contribution is 5.89. The van der Waals surface area contributed by atoms with Crippen molar-refractivity contribution in [1.82, 2.24) is 10.6 Å². The van der Waals surface area contributed by atoms with E-state index in [-0.39, 0.29) is 38.9 Å². The number of aliphatic carboxylic acids is 1. The molecule has 0 fully saturated rings. The Kier molecular flexibility index (Phi) is 12.6. The van der Waals surface area contributed by atoms with Crippen LogP contribution in [-0.2, 0) is 46.6 Å². The molecule has 2 atom stereocenters. The fourth-order valence-corrected chi connectivity index (χ4v) is 3.39. The van der Waals surface area contributed by atoms with E-state index < -0.39 is 47.6 Å². The van der Waals surface area contributed by atoms with Crippen molar-refractivity contribution in [1.29, 1.82) is 0 Å². The second-order valence-electron chi connectivity index (χ2n) is 9.97. The number of carboxylic acids is 1. The first-order valence-electron chi connectivity index (χ1n) is 12.8. The van der Waals surface area contributed by atoms with E-state index in [0.29, 0.717) is 0 Å². The molecule has 11 heteroatoms. The van der Waals surface area contributed by atoms with Gasteiger partial charge in [0.25, 0.3) is 0 Å². The molecule has 40 heavy (non-hydrogen) atoms. The van der Waals surface area contributed by atoms with Crippen LogP contribution in [0.25, 0.3) is 0 Å². The maximum Gasteiger partial charge on any atom is 0.408 e. The number of carbonyl (C=O) groups excluding carboxylic acids is 4. The van der Waals surface area contributed by atoms with E-state index >= 15 is 0 Å². The van der Waals surface area contributed by atoms with Crippen LogP contribution in [0.3, 0.4) is 0 Å². The minimum Gasteiger partial charge on any atom is -0.480 e. The number of rotatable bonds is 14. The monoisotopic (exact) mass is 556 g/mol. The Hall–Kier alpha value is -4.41. The predicted octanol–water partition coefficient (Wildman–Crippen LogP) is 3.50. The number of amides is 2. The topological polar surface area (TPSA) is 157 Å². The van der Waals surface area contributed by atoms with Crippen LogP contribution in [0.15, 0.2) is 60.7 Å². The summed E-state index contributed by atoms with van der Waals surface area (Å²) in [6.07, 6.45) is -1.83. The van der Waals surface area contributed by atoms with Gasteiger partial charge in [0.05, 0.1) is 0 Å². The van der Waals surface area contributed by atoms with E-state index in [2.05, 4.69) is 10.6 Å². The summed E-state index contributed by atoms with van der Waals surface area (Å²) in [5.74, 6) is -3.47. The number of carboxylic acid groups (broad SMARTS) is 1. The number of hydrogen-bond donors (Lipinski definition) is 3. The number of alkyl carbamates (subject to hydrolysis) is 1. The van der Waals surface area contributed by atoms with Crippen molar-refractivity contribution in [3.8, 4) is 0 Å². The van der Waals surface area contributed by atoms with Crippen molar-refractivity contribution in [3.05, 3.63) is 71.8 Å². The second kappa shape index (κ2) is 15.9. The molecule has 0 unspecified atom stereocenters. The van der Waals surface area contributed by atoms with Crippen molar-refractivity contribution in [2.45, 2.75) is 77.4 Å². The highest BCUT2D eigenvalue weighted by Crippen LogP contribution is 2.10. The molecule has 0 aliphatic carbocycles. The summed E-state index contributed by atoms with van der Waals surface area (Å²) in [6.45, 7) is 4.99. The molecule has 2 rings (SSSR count). The zero-order valence-electron chi connectivity index (χ0n) is 22.9. The number of benzene rings is 2. The molecule has 216 valence electrons. The van der Waals surface area contributed by atoms with Crippen molar-refractivity contribution >= 4 is 29.9 Å². The Morgan fingerprint density at radius 3 is 1.60 bits per heavy atom. The standard InChI is InChI=1S/C29H36N2O9/c1-29(2,3)40-28(37)31-22(14-16-24(32)38-18-20-10-6-4-7-11-20)26(34)30-23(27(35)36)15-17-25(33)39-19-21-12-8-5-9-13-21/h4-13,22-23H,14-19H2,1-3H3,(H,30,34)(H,31,37)(H,35,36)/t22-,23-/m0/s1. The number of ether oxygens (including phenoxy) is 3. The Bertz CT molecular complexity index is 1130. The average molecular weight is 557 g/mol. The number of nitrogens with one attached hydrogen (secondary N) is 2. The molecule has 0 saturated heterocycles. The summed E-state index contributed by atoms with van der Waals surface area (Å²) in [5, 5.41) is 14.3. The summed E-state index contributed by atoms with van der Waals surface area (Å²) in [4.78, 5) is 61.5. The number of hydrogen-bond acceptors (Lipinski definition) is 8. The van der Waals surface area contributed by atoms with E-state index in [1.807, 2.05) is 12.1 Å². The molecule has 0 saturated carbocycles. The van der Waals surface area contributed by atoms with Gasteiger partial charge in [-0.3, -0.25) is 14.4 Å². The van der Waals surface area contributed by atoms with Crippen molar-refractivity contribution in [2.75, 3.05) is 0 Å². The lowest BCUT2D eigenvalue weighted by Gasteiger charge is -2.24. The van der Waals surface area contributed by atoms with Gasteiger partial charge in [-0.2, -0.15) is 0 Å². The van der Waals surface area contributed by atoms with E-state index in [4.69, 9.17) is 14.2 Å². The molecular weight excluding hydrogens is 520 g/mol. The first-order valence-corrected chi connectivity index (χ1v) is 12.8. The molecular formula is C29H36N2O9. The highest BCUT2D eigenvalue weighted by Gasteiger charge is 2.29. The quantitative estimate of drug-likeness (QED) is 0.234. The van der Waals surface area contributed by atoms with Gasteiger partial charge >= 0.3 is 24.0 Å². The van der Waals surface area contributed by atoms with Gasteiger partial charge in [0.15, 0.2) is 0 Å². The lowest BCUT2D eigenvalue weighted by atomic mass is 10.1. The van der Waals surface area contributed by atoms with Crippen LogP contribution in [0.4, 0.5) is 4.79 Å². The van der Waals surface area contributed by atoms with Crippen LogP contribution in [0, 0.1) is 0 Å². The molecule has 11 nitrogen and oxygen atoms in total. The third-order valence-corrected chi connectivity index (χ3v) is 5.38. The van der Waals surface area contributed by atoms with Gasteiger partial charge in [0.1, 0.15) is 30.9 Å². The predicted molar refractivity (Wildman–Crippen MR) is 144 cm³/mol. The van der Waals surface area contributed by atoms with Crippen LogP contribution in [-0.4, -0.2) is 52.7 Å². The van der Waals surface area contributed by atoms with E-state index in [1.54, 1.807) is 69.3 Å². The van der Waals surface area contributed by atoms with E-state index in [9.17, 15) is 29.1 Å². The zero-order chi connectivity index (χ0) is 29.5. The van der Waals surface area contributed by atoms with E-state index in [1.165, 1.54) is 0 Å². The normalized spacial score (nSPS) is 12.4. The van der Waals surface area contributed by atoms with E-state index in [0.717, 1.165) is 11.1 Å².